The van der Waals surface area contributed by atoms with E-state index in [1.54, 1.807) is 53.4 Å². The van der Waals surface area contributed by atoms with Crippen LogP contribution in [0.5, 0.6) is 5.75 Å². The minimum Gasteiger partial charge on any atom is -0.491 e. The van der Waals surface area contributed by atoms with E-state index < -0.39 is 24.4 Å². The van der Waals surface area contributed by atoms with Crippen LogP contribution in [0, 0.1) is 5.92 Å². The van der Waals surface area contributed by atoms with Gasteiger partial charge in [-0.3, -0.25) is 14.4 Å². The molecule has 30 heavy (non-hydrogen) atoms. The van der Waals surface area contributed by atoms with E-state index >= 15 is 0 Å². The standard InChI is InChI=1S/C22H23ClN2O5/c1-14(2)30-19-9-7-18(8-10-19)25-12-15(11-21(25)27)22(28)29-13-20(26)24-17-5-3-16(23)4-6-17/h3-10,14-15H,11-13H2,1-2H3,(H,24,26)/t15-/m1/s1. The summed E-state index contributed by atoms with van der Waals surface area (Å²) < 4.78 is 10.7. The highest BCUT2D eigenvalue weighted by Crippen LogP contribution is 2.27. The molecule has 3 rings (SSSR count). The van der Waals surface area contributed by atoms with Gasteiger partial charge in [-0.05, 0) is 62.4 Å². The van der Waals surface area contributed by atoms with Crippen molar-refractivity contribution in [3.05, 3.63) is 53.6 Å². The van der Waals surface area contributed by atoms with E-state index in [4.69, 9.17) is 21.1 Å². The number of anilines is 2. The first-order valence-electron chi connectivity index (χ1n) is 9.61. The molecule has 0 aliphatic carbocycles. The number of hydrogen-bond acceptors (Lipinski definition) is 5. The molecule has 1 fully saturated rings. The third kappa shape index (κ3) is 5.73. The van der Waals surface area contributed by atoms with Crippen LogP contribution in [0.15, 0.2) is 48.5 Å². The zero-order chi connectivity index (χ0) is 21.7. The van der Waals surface area contributed by atoms with Crippen molar-refractivity contribution >= 4 is 40.8 Å². The first kappa shape index (κ1) is 21.6. The highest BCUT2D eigenvalue weighted by Gasteiger charge is 2.36. The van der Waals surface area contributed by atoms with E-state index in [9.17, 15) is 14.4 Å². The summed E-state index contributed by atoms with van der Waals surface area (Å²) in [5.41, 5.74) is 1.24. The number of benzene rings is 2. The van der Waals surface area contributed by atoms with Crippen molar-refractivity contribution in [1.29, 1.82) is 0 Å². The van der Waals surface area contributed by atoms with E-state index in [0.717, 1.165) is 0 Å². The number of carbonyl (C=O) groups is 3. The van der Waals surface area contributed by atoms with Crippen LogP contribution < -0.4 is 15.0 Å². The summed E-state index contributed by atoms with van der Waals surface area (Å²) in [5.74, 6) is -1.11. The Bertz CT molecular complexity index is 912. The molecule has 1 saturated heterocycles. The number of rotatable bonds is 7. The second-order valence-electron chi connectivity index (χ2n) is 7.23. The molecule has 158 valence electrons. The molecular formula is C22H23ClN2O5. The highest BCUT2D eigenvalue weighted by molar-refractivity contribution is 6.30. The lowest BCUT2D eigenvalue weighted by Crippen LogP contribution is -2.28. The number of carbonyl (C=O) groups excluding carboxylic acids is 3. The molecule has 1 aliphatic heterocycles. The number of nitrogens with one attached hydrogen (secondary N) is 1. The molecule has 2 amide bonds. The maximum atomic E-state index is 12.4. The van der Waals surface area contributed by atoms with E-state index in [-0.39, 0.29) is 25.0 Å². The molecule has 8 heteroatoms. The van der Waals surface area contributed by atoms with Crippen molar-refractivity contribution in [2.24, 2.45) is 5.92 Å². The molecule has 1 aliphatic rings. The zero-order valence-corrected chi connectivity index (χ0v) is 17.5. The third-order valence-corrected chi connectivity index (χ3v) is 4.70. The lowest BCUT2D eigenvalue weighted by Gasteiger charge is -2.17. The van der Waals surface area contributed by atoms with Gasteiger partial charge in [-0.2, -0.15) is 0 Å². The number of halogens is 1. The molecule has 1 atom stereocenters. The molecule has 0 bridgehead atoms. The molecule has 0 aromatic heterocycles. The molecule has 0 unspecified atom stereocenters. The smallest absolute Gasteiger partial charge is 0.311 e. The average Bonchev–Trinajstić information content (AvgIpc) is 3.10. The molecule has 0 spiro atoms. The number of ether oxygens (including phenoxy) is 2. The van der Waals surface area contributed by atoms with Gasteiger partial charge in [0.05, 0.1) is 12.0 Å². The minimum absolute atomic E-state index is 0.0435. The van der Waals surface area contributed by atoms with Gasteiger partial charge in [0.25, 0.3) is 5.91 Å². The summed E-state index contributed by atoms with van der Waals surface area (Å²) in [6.07, 6.45) is 0.0994. The third-order valence-electron chi connectivity index (χ3n) is 4.45. The van der Waals surface area contributed by atoms with Gasteiger partial charge in [-0.15, -0.1) is 0 Å². The second kappa shape index (κ2) is 9.63. The van der Waals surface area contributed by atoms with Crippen molar-refractivity contribution in [3.8, 4) is 5.75 Å². The lowest BCUT2D eigenvalue weighted by atomic mass is 10.1. The van der Waals surface area contributed by atoms with Crippen molar-refractivity contribution in [3.63, 3.8) is 0 Å². The van der Waals surface area contributed by atoms with Crippen LogP contribution in [-0.4, -0.2) is 37.0 Å². The Morgan fingerprint density at radius 1 is 1.13 bits per heavy atom. The number of nitrogens with zero attached hydrogens (tertiary/aromatic N) is 1. The van der Waals surface area contributed by atoms with Gasteiger partial charge in [0.15, 0.2) is 6.61 Å². The van der Waals surface area contributed by atoms with Gasteiger partial charge >= 0.3 is 5.97 Å². The quantitative estimate of drug-likeness (QED) is 0.677. The average molecular weight is 431 g/mol. The summed E-state index contributed by atoms with van der Waals surface area (Å²) in [6.45, 7) is 3.65. The van der Waals surface area contributed by atoms with Crippen molar-refractivity contribution in [2.75, 3.05) is 23.4 Å². The lowest BCUT2D eigenvalue weighted by molar-refractivity contribution is -0.151. The predicted molar refractivity (Wildman–Crippen MR) is 114 cm³/mol. The van der Waals surface area contributed by atoms with Gasteiger partial charge in [0, 0.05) is 29.4 Å². The van der Waals surface area contributed by atoms with Gasteiger partial charge in [0.1, 0.15) is 5.75 Å². The highest BCUT2D eigenvalue weighted by atomic mass is 35.5. The SMILES string of the molecule is CC(C)Oc1ccc(N2C[C@H](C(=O)OCC(=O)Nc3ccc(Cl)cc3)CC2=O)cc1. The number of esters is 1. The number of amides is 2. The van der Waals surface area contributed by atoms with Crippen molar-refractivity contribution in [2.45, 2.75) is 26.4 Å². The van der Waals surface area contributed by atoms with E-state index in [1.807, 2.05) is 13.8 Å². The Morgan fingerprint density at radius 3 is 2.43 bits per heavy atom. The normalized spacial score (nSPS) is 15.9. The fourth-order valence-corrected chi connectivity index (χ4v) is 3.20. The van der Waals surface area contributed by atoms with Crippen LogP contribution in [-0.2, 0) is 19.1 Å². The number of hydrogen-bond donors (Lipinski definition) is 1. The largest absolute Gasteiger partial charge is 0.491 e. The molecule has 2 aromatic rings. The fraction of sp³-hybridized carbons (Fsp3) is 0.318. The summed E-state index contributed by atoms with van der Waals surface area (Å²) in [5, 5.41) is 3.17. The van der Waals surface area contributed by atoms with Gasteiger partial charge in [-0.1, -0.05) is 11.6 Å². The second-order valence-corrected chi connectivity index (χ2v) is 7.67. The molecule has 1 N–H and O–H groups in total. The topological polar surface area (TPSA) is 84.9 Å². The Kier molecular flexibility index (Phi) is 6.95. The van der Waals surface area contributed by atoms with Crippen molar-refractivity contribution in [1.82, 2.24) is 0 Å². The summed E-state index contributed by atoms with van der Waals surface area (Å²) >= 11 is 5.80. The monoisotopic (exact) mass is 430 g/mol. The summed E-state index contributed by atoms with van der Waals surface area (Å²) in [4.78, 5) is 38.2. The Balaban J connectivity index is 1.50. The van der Waals surface area contributed by atoms with E-state index in [2.05, 4.69) is 5.32 Å². The fourth-order valence-electron chi connectivity index (χ4n) is 3.08. The van der Waals surface area contributed by atoms with Crippen LogP contribution in [0.3, 0.4) is 0 Å². The Morgan fingerprint density at radius 2 is 1.80 bits per heavy atom. The van der Waals surface area contributed by atoms with Crippen LogP contribution in [0.25, 0.3) is 0 Å². The van der Waals surface area contributed by atoms with Gasteiger partial charge in [0.2, 0.25) is 5.91 Å². The maximum Gasteiger partial charge on any atom is 0.311 e. The molecule has 0 saturated carbocycles. The molecule has 0 radical (unpaired) electrons. The molecular weight excluding hydrogens is 408 g/mol. The predicted octanol–water partition coefficient (Wildman–Crippen LogP) is 3.66. The van der Waals surface area contributed by atoms with Gasteiger partial charge in [-0.25, -0.2) is 0 Å². The molecule has 7 nitrogen and oxygen atoms in total. The summed E-state index contributed by atoms with van der Waals surface area (Å²) in [6, 6.07) is 13.7. The first-order chi connectivity index (χ1) is 14.3. The zero-order valence-electron chi connectivity index (χ0n) is 16.8. The Hall–Kier alpha value is -3.06. The first-order valence-corrected chi connectivity index (χ1v) is 9.99. The summed E-state index contributed by atoms with van der Waals surface area (Å²) in [7, 11) is 0. The van der Waals surface area contributed by atoms with Crippen molar-refractivity contribution < 1.29 is 23.9 Å². The van der Waals surface area contributed by atoms with Crippen LogP contribution >= 0.6 is 11.6 Å². The van der Waals surface area contributed by atoms with E-state index in [1.165, 1.54) is 0 Å². The van der Waals surface area contributed by atoms with Crippen LogP contribution in [0.1, 0.15) is 20.3 Å². The minimum atomic E-state index is -0.618. The maximum absolute atomic E-state index is 12.4. The van der Waals surface area contributed by atoms with Crippen LogP contribution in [0.4, 0.5) is 11.4 Å². The molecule has 1 heterocycles. The van der Waals surface area contributed by atoms with Crippen LogP contribution in [0.2, 0.25) is 5.02 Å². The van der Waals surface area contributed by atoms with Gasteiger partial charge < -0.3 is 19.7 Å². The Labute approximate surface area is 179 Å². The van der Waals surface area contributed by atoms with E-state index in [0.29, 0.717) is 22.1 Å². The molecule has 2 aromatic carbocycles.